The molecule has 0 rings (SSSR count). The van der Waals surface area contributed by atoms with Gasteiger partial charge in [0.1, 0.15) is 13.2 Å². The minimum atomic E-state index is -0.671. The maximum atomic E-state index is 11.9. The molecule has 0 aliphatic carbocycles. The van der Waals surface area contributed by atoms with Crippen LogP contribution in [0.1, 0.15) is 20.8 Å². The monoisotopic (exact) mass is 326 g/mol. The van der Waals surface area contributed by atoms with E-state index >= 15 is 0 Å². The number of ether oxygens (including phenoxy) is 2. The van der Waals surface area contributed by atoms with E-state index in [-0.39, 0.29) is 37.4 Å². The van der Waals surface area contributed by atoms with Gasteiger partial charge in [0.05, 0.1) is 13.1 Å². The lowest BCUT2D eigenvalue weighted by Crippen LogP contribution is -2.45. The average Bonchev–Trinajstić information content (AvgIpc) is 2.46. The molecule has 8 heteroatoms. The smallest absolute Gasteiger partial charge is 0.333 e. The molecule has 0 saturated heterocycles. The Hall–Kier alpha value is -2.64. The van der Waals surface area contributed by atoms with Gasteiger partial charge in [0.2, 0.25) is 5.91 Å². The topological polar surface area (TPSA) is 102 Å². The molecule has 128 valence electrons. The van der Waals surface area contributed by atoms with Gasteiger partial charge in [-0.1, -0.05) is 13.2 Å². The lowest BCUT2D eigenvalue weighted by molar-refractivity contribution is -0.140. The fraction of sp³-hybridized carbons (Fsp3) is 0.467. The summed E-state index contributed by atoms with van der Waals surface area (Å²) in [5.74, 6) is -1.66. The molecule has 0 radical (unpaired) electrons. The van der Waals surface area contributed by atoms with Crippen LogP contribution in [-0.2, 0) is 23.9 Å². The van der Waals surface area contributed by atoms with Crippen molar-refractivity contribution in [3.05, 3.63) is 24.3 Å². The highest BCUT2D eigenvalue weighted by molar-refractivity contribution is 5.93. The Morgan fingerprint density at radius 2 is 1.39 bits per heavy atom. The summed E-state index contributed by atoms with van der Waals surface area (Å²) < 4.78 is 9.62. The van der Waals surface area contributed by atoms with Crippen molar-refractivity contribution in [2.45, 2.75) is 20.8 Å². The largest absolute Gasteiger partial charge is 0.460 e. The first-order valence-electron chi connectivity index (χ1n) is 6.88. The van der Waals surface area contributed by atoms with Gasteiger partial charge in [-0.25, -0.2) is 14.4 Å². The van der Waals surface area contributed by atoms with Gasteiger partial charge in [-0.2, -0.15) is 0 Å². The molecule has 0 aromatic heterocycles. The third-order valence-electron chi connectivity index (χ3n) is 2.48. The van der Waals surface area contributed by atoms with Gasteiger partial charge in [-0.15, -0.1) is 0 Å². The number of rotatable bonds is 8. The second-order valence-electron chi connectivity index (χ2n) is 4.74. The zero-order valence-corrected chi connectivity index (χ0v) is 13.6. The molecule has 3 amide bonds. The third-order valence-corrected chi connectivity index (χ3v) is 2.48. The second-order valence-corrected chi connectivity index (χ2v) is 4.74. The van der Waals surface area contributed by atoms with E-state index in [9.17, 15) is 19.2 Å². The van der Waals surface area contributed by atoms with Crippen LogP contribution in [0.4, 0.5) is 4.79 Å². The maximum absolute atomic E-state index is 11.9. The van der Waals surface area contributed by atoms with E-state index in [1.807, 2.05) is 0 Å². The molecule has 0 saturated carbocycles. The molecule has 0 aliphatic heterocycles. The highest BCUT2D eigenvalue weighted by Crippen LogP contribution is 1.96. The summed E-state index contributed by atoms with van der Waals surface area (Å²) in [6, 6.07) is -0.671. The minimum Gasteiger partial charge on any atom is -0.460 e. The van der Waals surface area contributed by atoms with Gasteiger partial charge < -0.3 is 14.8 Å². The number of esters is 2. The Labute approximate surface area is 135 Å². The van der Waals surface area contributed by atoms with E-state index in [0.717, 1.165) is 4.90 Å². The van der Waals surface area contributed by atoms with Crippen molar-refractivity contribution in [1.29, 1.82) is 0 Å². The summed E-state index contributed by atoms with van der Waals surface area (Å²) in [7, 11) is 0. The van der Waals surface area contributed by atoms with Crippen molar-refractivity contribution in [3.8, 4) is 0 Å². The van der Waals surface area contributed by atoms with E-state index < -0.39 is 23.9 Å². The number of carbonyl (C=O) groups is 4. The Balaban J connectivity index is 4.23. The predicted octanol–water partition coefficient (Wildman–Crippen LogP) is 0.783. The van der Waals surface area contributed by atoms with Crippen LogP contribution in [0.25, 0.3) is 0 Å². The van der Waals surface area contributed by atoms with Gasteiger partial charge >= 0.3 is 18.0 Å². The summed E-state index contributed by atoms with van der Waals surface area (Å²) in [6.07, 6.45) is 0. The molecule has 0 bridgehead atoms. The van der Waals surface area contributed by atoms with Gasteiger partial charge in [-0.05, 0) is 13.8 Å². The quantitative estimate of drug-likeness (QED) is 0.402. The summed E-state index contributed by atoms with van der Waals surface area (Å²) in [6.45, 7) is 10.8. The van der Waals surface area contributed by atoms with Gasteiger partial charge in [0.25, 0.3) is 0 Å². The fourth-order valence-corrected chi connectivity index (χ4v) is 1.28. The summed E-state index contributed by atoms with van der Waals surface area (Å²) >= 11 is 0. The molecule has 0 fully saturated rings. The SMILES string of the molecule is C=C(C)C(=O)OCCNC(=O)N(CCOC(=O)C(=C)C)C(C)=O. The van der Waals surface area contributed by atoms with Crippen molar-refractivity contribution >= 4 is 23.9 Å². The molecule has 0 aliphatic rings. The van der Waals surface area contributed by atoms with Crippen LogP contribution in [0.15, 0.2) is 24.3 Å². The van der Waals surface area contributed by atoms with Gasteiger partial charge in [0, 0.05) is 18.1 Å². The van der Waals surface area contributed by atoms with Crippen LogP contribution in [0.2, 0.25) is 0 Å². The summed E-state index contributed by atoms with van der Waals surface area (Å²) in [4.78, 5) is 46.5. The van der Waals surface area contributed by atoms with E-state index in [2.05, 4.69) is 18.5 Å². The van der Waals surface area contributed by atoms with Crippen LogP contribution in [-0.4, -0.2) is 55.1 Å². The Morgan fingerprint density at radius 1 is 0.913 bits per heavy atom. The van der Waals surface area contributed by atoms with E-state index in [1.165, 1.54) is 20.8 Å². The molecular weight excluding hydrogens is 304 g/mol. The molecule has 0 spiro atoms. The van der Waals surface area contributed by atoms with Gasteiger partial charge in [-0.3, -0.25) is 9.69 Å². The first-order chi connectivity index (χ1) is 10.7. The van der Waals surface area contributed by atoms with Crippen LogP contribution >= 0.6 is 0 Å². The second kappa shape index (κ2) is 10.1. The zero-order chi connectivity index (χ0) is 18.0. The molecule has 0 unspecified atom stereocenters. The third kappa shape index (κ3) is 8.40. The number of carbonyl (C=O) groups excluding carboxylic acids is 4. The van der Waals surface area contributed by atoms with Gasteiger partial charge in [0.15, 0.2) is 0 Å². The highest BCUT2D eigenvalue weighted by atomic mass is 16.5. The number of amides is 3. The molecular formula is C15H22N2O6. The first kappa shape index (κ1) is 20.4. The lowest BCUT2D eigenvalue weighted by atomic mass is 10.4. The van der Waals surface area contributed by atoms with E-state index in [4.69, 9.17) is 9.47 Å². The molecule has 0 aromatic rings. The van der Waals surface area contributed by atoms with Crippen molar-refractivity contribution in [2.24, 2.45) is 0 Å². The number of nitrogens with one attached hydrogen (secondary N) is 1. The number of urea groups is 1. The average molecular weight is 326 g/mol. The Kier molecular flexibility index (Phi) is 8.98. The standard InChI is InChI=1S/C15H22N2O6/c1-10(2)13(19)22-8-6-16-15(21)17(12(5)18)7-9-23-14(20)11(3)4/h1,3,6-9H2,2,4-5H3,(H,16,21). The van der Waals surface area contributed by atoms with Crippen LogP contribution < -0.4 is 5.32 Å². The van der Waals surface area contributed by atoms with Crippen molar-refractivity contribution in [1.82, 2.24) is 10.2 Å². The first-order valence-corrected chi connectivity index (χ1v) is 6.88. The highest BCUT2D eigenvalue weighted by Gasteiger charge is 2.18. The molecule has 0 atom stereocenters. The van der Waals surface area contributed by atoms with E-state index in [0.29, 0.717) is 0 Å². The number of nitrogens with zero attached hydrogens (tertiary/aromatic N) is 1. The molecule has 8 nitrogen and oxygen atoms in total. The predicted molar refractivity (Wildman–Crippen MR) is 82.3 cm³/mol. The van der Waals surface area contributed by atoms with Crippen LogP contribution in [0.5, 0.6) is 0 Å². The zero-order valence-electron chi connectivity index (χ0n) is 13.6. The Bertz CT molecular complexity index is 512. The summed E-state index contributed by atoms with van der Waals surface area (Å²) in [5, 5.41) is 2.42. The Morgan fingerprint density at radius 3 is 1.83 bits per heavy atom. The molecule has 0 aromatic carbocycles. The fourth-order valence-electron chi connectivity index (χ4n) is 1.28. The number of imide groups is 1. The lowest BCUT2D eigenvalue weighted by Gasteiger charge is -2.19. The van der Waals surface area contributed by atoms with Crippen LogP contribution in [0.3, 0.4) is 0 Å². The van der Waals surface area contributed by atoms with Crippen molar-refractivity contribution in [2.75, 3.05) is 26.3 Å². The van der Waals surface area contributed by atoms with Crippen molar-refractivity contribution < 1.29 is 28.7 Å². The number of hydrogen-bond donors (Lipinski definition) is 1. The summed E-state index contributed by atoms with van der Waals surface area (Å²) in [5.41, 5.74) is 0.476. The maximum Gasteiger partial charge on any atom is 0.333 e. The molecule has 1 N–H and O–H groups in total. The normalized spacial score (nSPS) is 9.52. The molecule has 23 heavy (non-hydrogen) atoms. The number of hydrogen-bond acceptors (Lipinski definition) is 6. The van der Waals surface area contributed by atoms with Crippen molar-refractivity contribution in [3.63, 3.8) is 0 Å². The minimum absolute atomic E-state index is 0.0349. The molecule has 0 heterocycles. The van der Waals surface area contributed by atoms with Crippen LogP contribution in [0, 0.1) is 0 Å². The van der Waals surface area contributed by atoms with E-state index in [1.54, 1.807) is 0 Å².